The largest absolute Gasteiger partial charge is 0.493 e. The van der Waals surface area contributed by atoms with Crippen molar-refractivity contribution in [1.29, 1.82) is 0 Å². The number of rotatable bonds is 7. The van der Waals surface area contributed by atoms with Crippen molar-refractivity contribution in [3.8, 4) is 11.5 Å². The molecule has 1 saturated heterocycles. The van der Waals surface area contributed by atoms with E-state index in [1.807, 2.05) is 30.1 Å². The Morgan fingerprint density at radius 3 is 2.54 bits per heavy atom. The van der Waals surface area contributed by atoms with E-state index >= 15 is 0 Å². The van der Waals surface area contributed by atoms with E-state index in [1.165, 1.54) is 19.3 Å². The molecule has 144 valence electrons. The lowest BCUT2D eigenvalue weighted by Crippen LogP contribution is -2.39. The van der Waals surface area contributed by atoms with Gasteiger partial charge in [-0.15, -0.1) is 0 Å². The molecule has 1 amide bonds. The van der Waals surface area contributed by atoms with E-state index in [0.717, 1.165) is 57.0 Å². The van der Waals surface area contributed by atoms with E-state index < -0.39 is 0 Å². The maximum Gasteiger partial charge on any atom is 0.253 e. The molecule has 1 saturated carbocycles. The molecular weight excluding hydrogens is 328 g/mol. The van der Waals surface area contributed by atoms with Crippen molar-refractivity contribution in [2.45, 2.75) is 51.0 Å². The van der Waals surface area contributed by atoms with Crippen LogP contribution in [0.25, 0.3) is 0 Å². The molecule has 1 aromatic carbocycles. The second-order valence-electron chi connectivity index (χ2n) is 7.52. The van der Waals surface area contributed by atoms with E-state index in [1.54, 1.807) is 7.11 Å². The third-order valence-electron chi connectivity index (χ3n) is 5.71. The SMILES string of the molecule is CNCCC1CCN(C(=O)c2ccc(OC3CCCC3)c(OC)c2)CC1. The van der Waals surface area contributed by atoms with Crippen LogP contribution in [0.4, 0.5) is 0 Å². The van der Waals surface area contributed by atoms with Crippen molar-refractivity contribution < 1.29 is 14.3 Å². The molecule has 0 spiro atoms. The summed E-state index contributed by atoms with van der Waals surface area (Å²) in [5, 5.41) is 3.21. The minimum absolute atomic E-state index is 0.0998. The third-order valence-corrected chi connectivity index (χ3v) is 5.71. The predicted molar refractivity (Wildman–Crippen MR) is 103 cm³/mol. The number of ether oxygens (including phenoxy) is 2. The molecule has 0 atom stereocenters. The molecule has 1 heterocycles. The number of hydrogen-bond donors (Lipinski definition) is 1. The van der Waals surface area contributed by atoms with Crippen molar-refractivity contribution in [2.75, 3.05) is 33.8 Å². The van der Waals surface area contributed by atoms with Crippen LogP contribution in [0.1, 0.15) is 55.3 Å². The number of methoxy groups -OCH3 is 1. The minimum atomic E-state index is 0.0998. The molecule has 1 aliphatic heterocycles. The lowest BCUT2D eigenvalue weighted by molar-refractivity contribution is 0.0686. The Labute approximate surface area is 157 Å². The Morgan fingerprint density at radius 2 is 1.88 bits per heavy atom. The molecule has 2 aliphatic rings. The highest BCUT2D eigenvalue weighted by molar-refractivity contribution is 5.95. The number of nitrogens with zero attached hydrogens (tertiary/aromatic N) is 1. The van der Waals surface area contributed by atoms with Crippen LogP contribution in [-0.2, 0) is 0 Å². The summed E-state index contributed by atoms with van der Waals surface area (Å²) in [5.74, 6) is 2.24. The van der Waals surface area contributed by atoms with Crippen molar-refractivity contribution in [3.63, 3.8) is 0 Å². The van der Waals surface area contributed by atoms with Gasteiger partial charge in [0.2, 0.25) is 0 Å². The summed E-state index contributed by atoms with van der Waals surface area (Å²) < 4.78 is 11.6. The number of carbonyl (C=O) groups excluding carboxylic acids is 1. The Kier molecular flexibility index (Phi) is 6.78. The molecular formula is C21H32N2O3. The average molecular weight is 360 g/mol. The Balaban J connectivity index is 1.60. The van der Waals surface area contributed by atoms with Gasteiger partial charge < -0.3 is 19.7 Å². The zero-order valence-corrected chi connectivity index (χ0v) is 16.1. The number of nitrogens with one attached hydrogen (secondary N) is 1. The predicted octanol–water partition coefficient (Wildman–Crippen LogP) is 3.48. The van der Waals surface area contributed by atoms with Crippen LogP contribution in [0, 0.1) is 5.92 Å². The third kappa shape index (κ3) is 4.70. The summed E-state index contributed by atoms with van der Waals surface area (Å²) in [6.07, 6.45) is 8.32. The van der Waals surface area contributed by atoms with Crippen LogP contribution in [0.15, 0.2) is 18.2 Å². The van der Waals surface area contributed by atoms with Gasteiger partial charge in [0.1, 0.15) is 0 Å². The monoisotopic (exact) mass is 360 g/mol. The van der Waals surface area contributed by atoms with Crippen molar-refractivity contribution in [1.82, 2.24) is 10.2 Å². The Hall–Kier alpha value is -1.75. The van der Waals surface area contributed by atoms with Gasteiger partial charge in [-0.25, -0.2) is 0 Å². The summed E-state index contributed by atoms with van der Waals surface area (Å²) >= 11 is 0. The first-order valence-electron chi connectivity index (χ1n) is 10.00. The van der Waals surface area contributed by atoms with Gasteiger partial charge >= 0.3 is 0 Å². The average Bonchev–Trinajstić information content (AvgIpc) is 3.19. The molecule has 3 rings (SSSR count). The topological polar surface area (TPSA) is 50.8 Å². The molecule has 1 aromatic rings. The molecule has 1 N–H and O–H groups in total. The Morgan fingerprint density at radius 1 is 1.15 bits per heavy atom. The number of amides is 1. The van der Waals surface area contributed by atoms with Crippen LogP contribution in [0.3, 0.4) is 0 Å². The molecule has 0 bridgehead atoms. The highest BCUT2D eigenvalue weighted by Crippen LogP contribution is 2.33. The van der Waals surface area contributed by atoms with Gasteiger partial charge in [0.15, 0.2) is 11.5 Å². The Bertz CT molecular complexity index is 591. The molecule has 26 heavy (non-hydrogen) atoms. The lowest BCUT2D eigenvalue weighted by atomic mass is 9.93. The van der Waals surface area contributed by atoms with Crippen molar-refractivity contribution in [2.24, 2.45) is 5.92 Å². The first-order chi connectivity index (χ1) is 12.7. The number of likely N-dealkylation sites (tertiary alicyclic amines) is 1. The first kappa shape index (κ1) is 19.0. The van der Waals surface area contributed by atoms with E-state index in [0.29, 0.717) is 11.3 Å². The van der Waals surface area contributed by atoms with Crippen LogP contribution >= 0.6 is 0 Å². The fraction of sp³-hybridized carbons (Fsp3) is 0.667. The molecule has 0 radical (unpaired) electrons. The number of benzene rings is 1. The second kappa shape index (κ2) is 9.26. The van der Waals surface area contributed by atoms with Crippen LogP contribution in [-0.4, -0.2) is 50.7 Å². The summed E-state index contributed by atoms with van der Waals surface area (Å²) in [7, 11) is 3.63. The normalized spacial score (nSPS) is 18.9. The fourth-order valence-corrected chi connectivity index (χ4v) is 4.04. The smallest absolute Gasteiger partial charge is 0.253 e. The molecule has 5 nitrogen and oxygen atoms in total. The maximum atomic E-state index is 12.9. The van der Waals surface area contributed by atoms with Crippen LogP contribution in [0.5, 0.6) is 11.5 Å². The van der Waals surface area contributed by atoms with Gasteiger partial charge in [-0.05, 0) is 82.7 Å². The summed E-state index contributed by atoms with van der Waals surface area (Å²) in [4.78, 5) is 14.8. The number of carbonyl (C=O) groups is 1. The van der Waals surface area contributed by atoms with Crippen molar-refractivity contribution >= 4 is 5.91 Å². The van der Waals surface area contributed by atoms with Gasteiger partial charge in [-0.3, -0.25) is 4.79 Å². The lowest BCUT2D eigenvalue weighted by Gasteiger charge is -2.32. The molecule has 0 unspecified atom stereocenters. The number of piperidine rings is 1. The second-order valence-corrected chi connectivity index (χ2v) is 7.52. The highest BCUT2D eigenvalue weighted by atomic mass is 16.5. The van der Waals surface area contributed by atoms with Crippen LogP contribution < -0.4 is 14.8 Å². The number of hydrogen-bond acceptors (Lipinski definition) is 4. The molecule has 5 heteroatoms. The highest BCUT2D eigenvalue weighted by Gasteiger charge is 2.25. The minimum Gasteiger partial charge on any atom is -0.493 e. The van der Waals surface area contributed by atoms with E-state index in [9.17, 15) is 4.79 Å². The molecule has 1 aliphatic carbocycles. The zero-order valence-electron chi connectivity index (χ0n) is 16.1. The first-order valence-corrected chi connectivity index (χ1v) is 10.00. The summed E-state index contributed by atoms with van der Waals surface area (Å²) in [6.45, 7) is 2.74. The van der Waals surface area contributed by atoms with E-state index in [2.05, 4.69) is 5.32 Å². The zero-order chi connectivity index (χ0) is 18.4. The van der Waals surface area contributed by atoms with Crippen molar-refractivity contribution in [3.05, 3.63) is 23.8 Å². The standard InChI is InChI=1S/C21H32N2O3/c1-22-12-9-16-10-13-23(14-11-16)21(24)17-7-8-19(20(15-17)25-2)26-18-5-3-4-6-18/h7-8,15-16,18,22H,3-6,9-14H2,1-2H3. The molecule has 2 fully saturated rings. The van der Waals surface area contributed by atoms with Gasteiger partial charge in [0, 0.05) is 18.7 Å². The van der Waals surface area contributed by atoms with E-state index in [4.69, 9.17) is 9.47 Å². The maximum absolute atomic E-state index is 12.9. The quantitative estimate of drug-likeness (QED) is 0.809. The summed E-state index contributed by atoms with van der Waals surface area (Å²) in [6, 6.07) is 5.60. The van der Waals surface area contributed by atoms with Gasteiger partial charge in [-0.2, -0.15) is 0 Å². The van der Waals surface area contributed by atoms with Gasteiger partial charge in [0.05, 0.1) is 13.2 Å². The van der Waals surface area contributed by atoms with Gasteiger partial charge in [0.25, 0.3) is 5.91 Å². The summed E-state index contributed by atoms with van der Waals surface area (Å²) in [5.41, 5.74) is 0.689. The van der Waals surface area contributed by atoms with Crippen LogP contribution in [0.2, 0.25) is 0 Å². The van der Waals surface area contributed by atoms with E-state index in [-0.39, 0.29) is 12.0 Å². The van der Waals surface area contributed by atoms with Gasteiger partial charge in [-0.1, -0.05) is 0 Å². The molecule has 0 aromatic heterocycles. The fourth-order valence-electron chi connectivity index (χ4n) is 4.04.